The molecule has 3 amide bonds. The molecule has 4 atom stereocenters. The zero-order chi connectivity index (χ0) is 23.7. The highest BCUT2D eigenvalue weighted by atomic mass is 16.4. The summed E-state index contributed by atoms with van der Waals surface area (Å²) in [7, 11) is 0. The minimum atomic E-state index is -1.24. The van der Waals surface area contributed by atoms with Crippen LogP contribution in [0.4, 0.5) is 0 Å². The maximum Gasteiger partial charge on any atom is 0.325 e. The Labute approximate surface area is 180 Å². The predicted octanol–water partition coefficient (Wildman–Crippen LogP) is -1.53. The van der Waals surface area contributed by atoms with E-state index in [1.54, 1.807) is 26.0 Å². The summed E-state index contributed by atoms with van der Waals surface area (Å²) in [5.74, 6) is -3.71. The summed E-state index contributed by atoms with van der Waals surface area (Å²) in [4.78, 5) is 48.5. The van der Waals surface area contributed by atoms with Gasteiger partial charge in [-0.25, -0.2) is 0 Å². The van der Waals surface area contributed by atoms with Crippen LogP contribution >= 0.6 is 0 Å². The molecule has 0 fully saturated rings. The highest BCUT2D eigenvalue weighted by Crippen LogP contribution is 2.12. The molecule has 0 saturated heterocycles. The van der Waals surface area contributed by atoms with E-state index in [0.717, 1.165) is 0 Å². The van der Waals surface area contributed by atoms with E-state index in [9.17, 15) is 24.3 Å². The van der Waals surface area contributed by atoms with E-state index in [1.807, 2.05) is 0 Å². The number of aromatic hydroxyl groups is 1. The molecule has 0 aromatic heterocycles. The van der Waals surface area contributed by atoms with Gasteiger partial charge in [0.05, 0.1) is 6.61 Å². The van der Waals surface area contributed by atoms with Crippen LogP contribution in [0.3, 0.4) is 0 Å². The number of hydrogen-bond donors (Lipinski definition) is 7. The molecule has 0 saturated carbocycles. The normalized spacial score (nSPS) is 14.8. The highest BCUT2D eigenvalue weighted by molar-refractivity contribution is 5.94. The smallest absolute Gasteiger partial charge is 0.325 e. The zero-order valence-electron chi connectivity index (χ0n) is 17.7. The lowest BCUT2D eigenvalue weighted by molar-refractivity contribution is -0.142. The Bertz CT molecular complexity index is 782. The van der Waals surface area contributed by atoms with Crippen molar-refractivity contribution in [1.82, 2.24) is 16.0 Å². The molecular formula is C20H30N4O7. The number of rotatable bonds is 11. The van der Waals surface area contributed by atoms with Gasteiger partial charge >= 0.3 is 5.97 Å². The van der Waals surface area contributed by atoms with E-state index in [-0.39, 0.29) is 18.1 Å². The monoisotopic (exact) mass is 438 g/mol. The van der Waals surface area contributed by atoms with E-state index in [2.05, 4.69) is 16.0 Å². The summed E-state index contributed by atoms with van der Waals surface area (Å²) in [6.07, 6.45) is 0.0218. The third-order valence-electron chi connectivity index (χ3n) is 4.52. The molecular weight excluding hydrogens is 408 g/mol. The molecule has 0 radical (unpaired) electrons. The van der Waals surface area contributed by atoms with Crippen LogP contribution in [0.5, 0.6) is 5.75 Å². The number of amides is 3. The van der Waals surface area contributed by atoms with E-state index in [4.69, 9.17) is 15.9 Å². The number of nitrogens with two attached hydrogens (primary N) is 1. The van der Waals surface area contributed by atoms with E-state index in [1.165, 1.54) is 19.1 Å². The molecule has 8 N–H and O–H groups in total. The first kappa shape index (κ1) is 25.9. The van der Waals surface area contributed by atoms with Gasteiger partial charge in [-0.15, -0.1) is 0 Å². The lowest BCUT2D eigenvalue weighted by atomic mass is 10.0. The second-order valence-electron chi connectivity index (χ2n) is 7.52. The van der Waals surface area contributed by atoms with Gasteiger partial charge in [0.25, 0.3) is 0 Å². The Hall–Kier alpha value is -3.18. The molecule has 4 unspecified atom stereocenters. The second kappa shape index (κ2) is 11.9. The summed E-state index contributed by atoms with van der Waals surface area (Å²) < 4.78 is 0. The summed E-state index contributed by atoms with van der Waals surface area (Å²) >= 11 is 0. The van der Waals surface area contributed by atoms with E-state index >= 15 is 0 Å². The maximum atomic E-state index is 12.9. The largest absolute Gasteiger partial charge is 0.508 e. The number of phenolic OH excluding ortho intramolecular Hbond substituents is 1. The number of aliphatic hydroxyl groups excluding tert-OH is 1. The molecule has 1 aromatic rings. The lowest BCUT2D eigenvalue weighted by Gasteiger charge is -2.26. The summed E-state index contributed by atoms with van der Waals surface area (Å²) in [6, 6.07) is 1.38. The maximum absolute atomic E-state index is 12.9. The number of carboxylic acids is 1. The molecule has 0 aliphatic carbocycles. The van der Waals surface area contributed by atoms with Gasteiger partial charge in [-0.3, -0.25) is 19.2 Å². The minimum Gasteiger partial charge on any atom is -0.508 e. The van der Waals surface area contributed by atoms with Crippen LogP contribution in [0.1, 0.15) is 26.3 Å². The molecule has 0 bridgehead atoms. The van der Waals surface area contributed by atoms with Crippen molar-refractivity contribution in [2.45, 2.75) is 51.4 Å². The molecule has 1 rings (SSSR count). The van der Waals surface area contributed by atoms with Crippen LogP contribution in [0, 0.1) is 5.92 Å². The SMILES string of the molecule is CC(NC(=O)C(NC(=O)C(Cc1ccc(O)cc1)NC(=O)C(N)CO)C(C)C)C(=O)O. The van der Waals surface area contributed by atoms with Crippen molar-refractivity contribution in [3.63, 3.8) is 0 Å². The van der Waals surface area contributed by atoms with Crippen molar-refractivity contribution < 1.29 is 34.5 Å². The molecule has 11 nitrogen and oxygen atoms in total. The lowest BCUT2D eigenvalue weighted by Crippen LogP contribution is -2.58. The van der Waals surface area contributed by atoms with Crippen LogP contribution in [0.2, 0.25) is 0 Å². The van der Waals surface area contributed by atoms with Gasteiger partial charge in [0.15, 0.2) is 0 Å². The van der Waals surface area contributed by atoms with Crippen LogP contribution in [-0.2, 0) is 25.6 Å². The fraction of sp³-hybridized carbons (Fsp3) is 0.500. The number of aliphatic hydroxyl groups is 1. The Morgan fingerprint density at radius 1 is 0.935 bits per heavy atom. The summed E-state index contributed by atoms with van der Waals surface area (Å²) in [5.41, 5.74) is 6.12. The van der Waals surface area contributed by atoms with Crippen LogP contribution in [-0.4, -0.2) is 69.8 Å². The minimum absolute atomic E-state index is 0.0218. The van der Waals surface area contributed by atoms with Crippen molar-refractivity contribution in [3.05, 3.63) is 29.8 Å². The standard InChI is InChI=1S/C20H30N4O7/c1-10(2)16(19(29)22-11(3)20(30)31)24-18(28)15(23-17(27)14(21)9-25)8-12-4-6-13(26)7-5-12/h4-7,10-11,14-16,25-26H,8-9,21H2,1-3H3,(H,22,29)(H,23,27)(H,24,28)(H,30,31). The van der Waals surface area contributed by atoms with Crippen molar-refractivity contribution in [1.29, 1.82) is 0 Å². The van der Waals surface area contributed by atoms with Crippen LogP contribution in [0.25, 0.3) is 0 Å². The van der Waals surface area contributed by atoms with E-state index in [0.29, 0.717) is 5.56 Å². The summed E-state index contributed by atoms with van der Waals surface area (Å²) in [6.45, 7) is 4.02. The molecule has 0 heterocycles. The van der Waals surface area contributed by atoms with Gasteiger partial charge in [0.2, 0.25) is 17.7 Å². The van der Waals surface area contributed by atoms with Crippen molar-refractivity contribution in [2.24, 2.45) is 11.7 Å². The number of carbonyl (C=O) groups is 4. The first-order chi connectivity index (χ1) is 14.5. The molecule has 0 aliphatic heterocycles. The number of benzene rings is 1. The number of carbonyl (C=O) groups excluding carboxylic acids is 3. The molecule has 172 valence electrons. The van der Waals surface area contributed by atoms with Gasteiger partial charge in [0.1, 0.15) is 29.9 Å². The molecule has 0 aliphatic rings. The van der Waals surface area contributed by atoms with Gasteiger partial charge in [-0.2, -0.15) is 0 Å². The topological polar surface area (TPSA) is 191 Å². The van der Waals surface area contributed by atoms with Crippen molar-refractivity contribution in [2.75, 3.05) is 6.61 Å². The van der Waals surface area contributed by atoms with Gasteiger partial charge in [0, 0.05) is 6.42 Å². The molecule has 1 aromatic carbocycles. The number of nitrogens with one attached hydrogen (secondary N) is 3. The molecule has 0 spiro atoms. The number of carboxylic acid groups (broad SMARTS) is 1. The van der Waals surface area contributed by atoms with Gasteiger partial charge < -0.3 is 37.0 Å². The predicted molar refractivity (Wildman–Crippen MR) is 111 cm³/mol. The number of aliphatic carboxylic acids is 1. The quantitative estimate of drug-likeness (QED) is 0.216. The summed E-state index contributed by atoms with van der Waals surface area (Å²) in [5, 5.41) is 34.8. The molecule has 31 heavy (non-hydrogen) atoms. The average molecular weight is 438 g/mol. The Morgan fingerprint density at radius 2 is 1.52 bits per heavy atom. The fourth-order valence-electron chi connectivity index (χ4n) is 2.59. The van der Waals surface area contributed by atoms with Crippen molar-refractivity contribution in [3.8, 4) is 5.75 Å². The Kier molecular flexibility index (Phi) is 9.90. The van der Waals surface area contributed by atoms with Crippen molar-refractivity contribution >= 4 is 23.7 Å². The zero-order valence-corrected chi connectivity index (χ0v) is 17.7. The van der Waals surface area contributed by atoms with Crippen LogP contribution in [0.15, 0.2) is 24.3 Å². The fourth-order valence-corrected chi connectivity index (χ4v) is 2.59. The first-order valence-electron chi connectivity index (χ1n) is 9.74. The van der Waals surface area contributed by atoms with E-state index < -0.39 is 54.5 Å². The van der Waals surface area contributed by atoms with Crippen LogP contribution < -0.4 is 21.7 Å². The van der Waals surface area contributed by atoms with Gasteiger partial charge in [-0.05, 0) is 30.5 Å². The molecule has 11 heteroatoms. The Morgan fingerprint density at radius 3 is 2.00 bits per heavy atom. The first-order valence-corrected chi connectivity index (χ1v) is 9.74. The third kappa shape index (κ3) is 8.22. The third-order valence-corrected chi connectivity index (χ3v) is 4.52. The van der Waals surface area contributed by atoms with Gasteiger partial charge in [-0.1, -0.05) is 26.0 Å². The highest BCUT2D eigenvalue weighted by Gasteiger charge is 2.31. The second-order valence-corrected chi connectivity index (χ2v) is 7.52. The number of hydrogen-bond acceptors (Lipinski definition) is 7. The Balaban J connectivity index is 3.03. The average Bonchev–Trinajstić information content (AvgIpc) is 2.71. The number of phenols is 1.